The van der Waals surface area contributed by atoms with Crippen LogP contribution in [0.25, 0.3) is 0 Å². The highest BCUT2D eigenvalue weighted by atomic mass is 16.2. The highest BCUT2D eigenvalue weighted by molar-refractivity contribution is 5.93. The zero-order valence-corrected chi connectivity index (χ0v) is 17.4. The van der Waals surface area contributed by atoms with Gasteiger partial charge in [0.2, 0.25) is 11.8 Å². The minimum Gasteiger partial charge on any atom is -0.348 e. The molecular formula is C24H31N3O2. The van der Waals surface area contributed by atoms with E-state index < -0.39 is 0 Å². The Labute approximate surface area is 173 Å². The molecule has 3 rings (SSSR count). The van der Waals surface area contributed by atoms with E-state index in [1.165, 1.54) is 11.1 Å². The Hall–Kier alpha value is -2.66. The van der Waals surface area contributed by atoms with Crippen LogP contribution in [-0.4, -0.2) is 36.3 Å². The molecule has 0 bridgehead atoms. The van der Waals surface area contributed by atoms with Crippen molar-refractivity contribution >= 4 is 17.5 Å². The lowest BCUT2D eigenvalue weighted by Gasteiger charge is -2.28. The molecule has 0 aromatic heterocycles. The summed E-state index contributed by atoms with van der Waals surface area (Å²) in [5.74, 6) is -0.118. The van der Waals surface area contributed by atoms with Gasteiger partial charge in [-0.05, 0) is 61.9 Å². The fraction of sp³-hybridized carbons (Fsp3) is 0.417. The number of rotatable bonds is 8. The molecule has 1 aliphatic rings. The van der Waals surface area contributed by atoms with Crippen molar-refractivity contribution in [3.63, 3.8) is 0 Å². The van der Waals surface area contributed by atoms with Crippen molar-refractivity contribution in [1.82, 2.24) is 10.2 Å². The summed E-state index contributed by atoms with van der Waals surface area (Å²) in [4.78, 5) is 27.1. The average molecular weight is 394 g/mol. The van der Waals surface area contributed by atoms with Gasteiger partial charge in [-0.25, -0.2) is 0 Å². The van der Waals surface area contributed by atoms with E-state index in [0.29, 0.717) is 6.54 Å². The number of hydrogen-bond acceptors (Lipinski definition) is 3. The molecule has 1 unspecified atom stereocenters. The number of amides is 2. The summed E-state index contributed by atoms with van der Waals surface area (Å²) < 4.78 is 0. The van der Waals surface area contributed by atoms with Crippen LogP contribution in [0.4, 0.5) is 5.69 Å². The normalized spacial score (nSPS) is 15.6. The zero-order valence-electron chi connectivity index (χ0n) is 17.4. The third-order valence-electron chi connectivity index (χ3n) is 5.40. The van der Waals surface area contributed by atoms with Crippen LogP contribution in [0.15, 0.2) is 48.5 Å². The molecule has 0 aliphatic heterocycles. The predicted molar refractivity (Wildman–Crippen MR) is 117 cm³/mol. The van der Waals surface area contributed by atoms with E-state index in [0.717, 1.165) is 36.9 Å². The first-order chi connectivity index (χ1) is 14.1. The Morgan fingerprint density at radius 1 is 1.03 bits per heavy atom. The number of anilines is 1. The second kappa shape index (κ2) is 10.2. The Morgan fingerprint density at radius 2 is 1.76 bits per heavy atom. The lowest BCUT2D eigenvalue weighted by atomic mass is 9.88. The summed E-state index contributed by atoms with van der Waals surface area (Å²) in [5, 5.41) is 6.14. The fourth-order valence-electron chi connectivity index (χ4n) is 3.98. The first kappa shape index (κ1) is 21.1. The van der Waals surface area contributed by atoms with Crippen molar-refractivity contribution in [3.05, 3.63) is 65.2 Å². The molecule has 29 heavy (non-hydrogen) atoms. The third kappa shape index (κ3) is 5.91. The van der Waals surface area contributed by atoms with Crippen molar-refractivity contribution in [2.75, 3.05) is 25.0 Å². The third-order valence-corrected chi connectivity index (χ3v) is 5.40. The summed E-state index contributed by atoms with van der Waals surface area (Å²) in [6.07, 6.45) is 4.00. The Kier molecular flexibility index (Phi) is 7.42. The van der Waals surface area contributed by atoms with Crippen molar-refractivity contribution in [3.8, 4) is 0 Å². The van der Waals surface area contributed by atoms with Gasteiger partial charge in [-0.2, -0.15) is 0 Å². The number of nitrogens with one attached hydrogen (secondary N) is 2. The molecule has 1 aliphatic carbocycles. The van der Waals surface area contributed by atoms with Gasteiger partial charge in [0.05, 0.1) is 19.1 Å². The molecule has 0 radical (unpaired) electrons. The van der Waals surface area contributed by atoms with E-state index >= 15 is 0 Å². The molecule has 2 aromatic rings. The number of benzene rings is 2. The quantitative estimate of drug-likeness (QED) is 0.716. The predicted octanol–water partition coefficient (Wildman–Crippen LogP) is 3.84. The first-order valence-electron chi connectivity index (χ1n) is 10.5. The largest absolute Gasteiger partial charge is 0.348 e. The highest BCUT2D eigenvalue weighted by Crippen LogP contribution is 2.29. The van der Waals surface area contributed by atoms with E-state index in [1.807, 2.05) is 42.2 Å². The van der Waals surface area contributed by atoms with Gasteiger partial charge in [0.15, 0.2) is 0 Å². The number of nitrogens with zero attached hydrogens (tertiary/aromatic N) is 1. The van der Waals surface area contributed by atoms with E-state index in [9.17, 15) is 9.59 Å². The Morgan fingerprint density at radius 3 is 2.55 bits per heavy atom. The number of carbonyl (C=O) groups excluding carboxylic acids is 2. The zero-order chi connectivity index (χ0) is 20.6. The van der Waals surface area contributed by atoms with Crippen LogP contribution < -0.4 is 10.6 Å². The van der Waals surface area contributed by atoms with Crippen molar-refractivity contribution < 1.29 is 9.59 Å². The van der Waals surface area contributed by atoms with Gasteiger partial charge in [-0.15, -0.1) is 0 Å². The Bertz CT molecular complexity index is 850. The molecular weight excluding hydrogens is 362 g/mol. The molecule has 2 amide bonds. The Balaban J connectivity index is 1.56. The smallest absolute Gasteiger partial charge is 0.238 e. The standard InChI is InChI=1S/C24H31N3O2/c1-3-15-27(16-23(28)25-21-13-7-4-9-18(21)2)17-24(29)26-22-14-8-11-19-10-5-6-12-20(19)22/h4-7,9-10,12-13,22H,3,8,11,14-17H2,1-2H3,(H,25,28)(H,26,29). The molecule has 0 spiro atoms. The number of fused-ring (bicyclic) bond motifs is 1. The summed E-state index contributed by atoms with van der Waals surface area (Å²) in [5.41, 5.74) is 4.40. The van der Waals surface area contributed by atoms with Crippen LogP contribution in [0.2, 0.25) is 0 Å². The first-order valence-corrected chi connectivity index (χ1v) is 10.5. The van der Waals surface area contributed by atoms with E-state index in [4.69, 9.17) is 0 Å². The van der Waals surface area contributed by atoms with Crippen molar-refractivity contribution in [1.29, 1.82) is 0 Å². The second-order valence-electron chi connectivity index (χ2n) is 7.78. The molecule has 0 heterocycles. The van der Waals surface area contributed by atoms with Gasteiger partial charge < -0.3 is 10.6 Å². The van der Waals surface area contributed by atoms with Crippen LogP contribution in [0.5, 0.6) is 0 Å². The molecule has 5 nitrogen and oxygen atoms in total. The summed E-state index contributed by atoms with van der Waals surface area (Å²) in [7, 11) is 0. The molecule has 1 atom stereocenters. The summed E-state index contributed by atoms with van der Waals surface area (Å²) in [6, 6.07) is 16.1. The van der Waals surface area contributed by atoms with Crippen molar-refractivity contribution in [2.24, 2.45) is 0 Å². The van der Waals surface area contributed by atoms with Crippen LogP contribution in [-0.2, 0) is 16.0 Å². The topological polar surface area (TPSA) is 61.4 Å². The summed E-state index contributed by atoms with van der Waals surface area (Å²) >= 11 is 0. The van der Waals surface area contributed by atoms with Gasteiger partial charge in [-0.1, -0.05) is 49.4 Å². The molecule has 0 saturated carbocycles. The van der Waals surface area contributed by atoms with Crippen molar-refractivity contribution in [2.45, 2.75) is 45.6 Å². The maximum Gasteiger partial charge on any atom is 0.238 e. The van der Waals surface area contributed by atoms with Crippen LogP contribution in [0, 0.1) is 6.92 Å². The van der Waals surface area contributed by atoms with E-state index in [1.54, 1.807) is 0 Å². The minimum atomic E-state index is -0.0939. The number of carbonyl (C=O) groups is 2. The molecule has 2 aromatic carbocycles. The molecule has 154 valence electrons. The van der Waals surface area contributed by atoms with Gasteiger partial charge in [0.1, 0.15) is 0 Å². The average Bonchev–Trinajstić information content (AvgIpc) is 2.70. The van der Waals surface area contributed by atoms with Crippen LogP contribution >= 0.6 is 0 Å². The SMILES string of the molecule is CCCN(CC(=O)Nc1ccccc1C)CC(=O)NC1CCCc2ccccc21. The molecule has 0 fully saturated rings. The van der Waals surface area contributed by atoms with Crippen LogP contribution in [0.1, 0.15) is 48.9 Å². The van der Waals surface area contributed by atoms with E-state index in [2.05, 4.69) is 35.8 Å². The van der Waals surface area contributed by atoms with E-state index in [-0.39, 0.29) is 30.9 Å². The minimum absolute atomic E-state index is 0.0242. The second-order valence-corrected chi connectivity index (χ2v) is 7.78. The lowest BCUT2D eigenvalue weighted by molar-refractivity contribution is -0.124. The highest BCUT2D eigenvalue weighted by Gasteiger charge is 2.22. The maximum atomic E-state index is 12.7. The number of hydrogen-bond donors (Lipinski definition) is 2. The van der Waals surface area contributed by atoms with Crippen LogP contribution in [0.3, 0.4) is 0 Å². The summed E-state index contributed by atoms with van der Waals surface area (Å²) in [6.45, 7) is 5.16. The number of para-hydroxylation sites is 1. The monoisotopic (exact) mass is 393 g/mol. The van der Waals surface area contributed by atoms with Gasteiger partial charge in [0, 0.05) is 5.69 Å². The lowest BCUT2D eigenvalue weighted by Crippen LogP contribution is -2.43. The number of aryl methyl sites for hydroxylation is 2. The molecule has 5 heteroatoms. The van der Waals surface area contributed by atoms with Gasteiger partial charge >= 0.3 is 0 Å². The molecule has 2 N–H and O–H groups in total. The molecule has 0 saturated heterocycles. The fourth-order valence-corrected chi connectivity index (χ4v) is 3.98. The maximum absolute atomic E-state index is 12.7. The van der Waals surface area contributed by atoms with Gasteiger partial charge in [0.25, 0.3) is 0 Å². The van der Waals surface area contributed by atoms with Gasteiger partial charge in [-0.3, -0.25) is 14.5 Å².